The van der Waals surface area contributed by atoms with Crippen LogP contribution in [0.5, 0.6) is 0 Å². The number of piperidine rings is 1. The van der Waals surface area contributed by atoms with Gasteiger partial charge in [0, 0.05) is 38.0 Å². The number of carbonyl (C=O) groups excluding carboxylic acids is 2. The molecule has 7 heteroatoms. The Bertz CT molecular complexity index is 584. The SMILES string of the molecule is CC(=O)NCCN1CCC[C@H](C(=O)c2ccc(C(F)(F)F)cc2)C1. The molecule has 1 fully saturated rings. The smallest absolute Gasteiger partial charge is 0.355 e. The van der Waals surface area contributed by atoms with Gasteiger partial charge in [-0.05, 0) is 31.5 Å². The van der Waals surface area contributed by atoms with Crippen LogP contribution in [0.1, 0.15) is 35.7 Å². The minimum atomic E-state index is -4.40. The number of hydrogen-bond donors (Lipinski definition) is 1. The summed E-state index contributed by atoms with van der Waals surface area (Å²) in [6.45, 7) is 4.07. The summed E-state index contributed by atoms with van der Waals surface area (Å²) in [4.78, 5) is 25.5. The van der Waals surface area contributed by atoms with E-state index in [4.69, 9.17) is 0 Å². The van der Waals surface area contributed by atoms with Crippen molar-refractivity contribution in [3.63, 3.8) is 0 Å². The largest absolute Gasteiger partial charge is 0.416 e. The van der Waals surface area contributed by atoms with Crippen LogP contribution in [-0.2, 0) is 11.0 Å². The fraction of sp³-hybridized carbons (Fsp3) is 0.529. The second-order valence-corrected chi connectivity index (χ2v) is 6.06. The molecule has 1 N–H and O–H groups in total. The highest BCUT2D eigenvalue weighted by Crippen LogP contribution is 2.30. The number of halogens is 3. The van der Waals surface area contributed by atoms with Crippen molar-refractivity contribution in [2.45, 2.75) is 25.9 Å². The normalized spacial score (nSPS) is 19.1. The van der Waals surface area contributed by atoms with Gasteiger partial charge in [-0.2, -0.15) is 13.2 Å². The van der Waals surface area contributed by atoms with Crippen LogP contribution in [0.15, 0.2) is 24.3 Å². The molecule has 1 heterocycles. The summed E-state index contributed by atoms with van der Waals surface area (Å²) in [7, 11) is 0. The maximum Gasteiger partial charge on any atom is 0.416 e. The van der Waals surface area contributed by atoms with Gasteiger partial charge in [0.15, 0.2) is 5.78 Å². The second-order valence-electron chi connectivity index (χ2n) is 6.06. The van der Waals surface area contributed by atoms with E-state index >= 15 is 0 Å². The molecule has 1 aromatic rings. The first-order chi connectivity index (χ1) is 11.3. The van der Waals surface area contributed by atoms with Crippen molar-refractivity contribution in [2.24, 2.45) is 5.92 Å². The third kappa shape index (κ3) is 5.06. The zero-order valence-corrected chi connectivity index (χ0v) is 13.5. The quantitative estimate of drug-likeness (QED) is 0.837. The van der Waals surface area contributed by atoms with Gasteiger partial charge in [-0.3, -0.25) is 9.59 Å². The van der Waals surface area contributed by atoms with E-state index in [0.29, 0.717) is 25.2 Å². The minimum absolute atomic E-state index is 0.0932. The van der Waals surface area contributed by atoms with E-state index in [0.717, 1.165) is 31.5 Å². The predicted octanol–water partition coefficient (Wildman–Crippen LogP) is 2.74. The molecule has 1 aromatic carbocycles. The molecular formula is C17H21F3N2O2. The molecule has 1 saturated heterocycles. The molecule has 1 aliphatic rings. The number of ketones is 1. The minimum Gasteiger partial charge on any atom is -0.355 e. The van der Waals surface area contributed by atoms with Gasteiger partial charge in [0.1, 0.15) is 0 Å². The fourth-order valence-corrected chi connectivity index (χ4v) is 2.92. The number of alkyl halides is 3. The van der Waals surface area contributed by atoms with E-state index in [9.17, 15) is 22.8 Å². The van der Waals surface area contributed by atoms with Gasteiger partial charge in [0.25, 0.3) is 0 Å². The van der Waals surface area contributed by atoms with Gasteiger partial charge in [0.05, 0.1) is 5.56 Å². The van der Waals surface area contributed by atoms with Crippen molar-refractivity contribution in [1.29, 1.82) is 0 Å². The highest BCUT2D eigenvalue weighted by atomic mass is 19.4. The van der Waals surface area contributed by atoms with Gasteiger partial charge >= 0.3 is 6.18 Å². The van der Waals surface area contributed by atoms with Gasteiger partial charge in [-0.1, -0.05) is 12.1 Å². The maximum absolute atomic E-state index is 12.6. The standard InChI is InChI=1S/C17H21F3N2O2/c1-12(23)21-8-10-22-9-2-3-14(11-22)16(24)13-4-6-15(7-5-13)17(18,19)20/h4-7,14H,2-3,8-11H2,1H3,(H,21,23)/t14-/m0/s1. The Morgan fingerprint density at radius 3 is 2.50 bits per heavy atom. The number of nitrogens with zero attached hydrogens (tertiary/aromatic N) is 1. The second kappa shape index (κ2) is 7.79. The average molecular weight is 342 g/mol. The Kier molecular flexibility index (Phi) is 5.99. The maximum atomic E-state index is 12.6. The van der Waals surface area contributed by atoms with Crippen molar-refractivity contribution in [1.82, 2.24) is 10.2 Å². The van der Waals surface area contributed by atoms with Gasteiger partial charge < -0.3 is 10.2 Å². The Balaban J connectivity index is 1.95. The first kappa shape index (κ1) is 18.4. The number of hydrogen-bond acceptors (Lipinski definition) is 3. The van der Waals surface area contributed by atoms with E-state index in [1.807, 2.05) is 0 Å². The summed E-state index contributed by atoms with van der Waals surface area (Å²) in [6.07, 6.45) is -2.81. The summed E-state index contributed by atoms with van der Waals surface area (Å²) in [5.74, 6) is -0.426. The number of benzene rings is 1. The van der Waals surface area contributed by atoms with Crippen LogP contribution in [0, 0.1) is 5.92 Å². The summed E-state index contributed by atoms with van der Waals surface area (Å²) in [6, 6.07) is 4.40. The molecule has 1 aliphatic heterocycles. The summed E-state index contributed by atoms with van der Waals surface area (Å²) in [5.41, 5.74) is -0.434. The lowest BCUT2D eigenvalue weighted by molar-refractivity contribution is -0.137. The summed E-state index contributed by atoms with van der Waals surface area (Å²) in [5, 5.41) is 2.72. The zero-order chi connectivity index (χ0) is 17.7. The van der Waals surface area contributed by atoms with Crippen LogP contribution in [0.2, 0.25) is 0 Å². The number of likely N-dealkylation sites (tertiary alicyclic amines) is 1. The molecule has 0 unspecified atom stereocenters. The van der Waals surface area contributed by atoms with E-state index in [1.165, 1.54) is 19.1 Å². The Morgan fingerprint density at radius 2 is 1.92 bits per heavy atom. The molecular weight excluding hydrogens is 321 g/mol. The van der Waals surface area contributed by atoms with E-state index < -0.39 is 11.7 Å². The Labute approximate surface area is 139 Å². The number of rotatable bonds is 5. The summed E-state index contributed by atoms with van der Waals surface area (Å²) >= 11 is 0. The highest BCUT2D eigenvalue weighted by molar-refractivity contribution is 5.98. The van der Waals surface area contributed by atoms with Crippen LogP contribution >= 0.6 is 0 Å². The predicted molar refractivity (Wildman–Crippen MR) is 83.6 cm³/mol. The monoisotopic (exact) mass is 342 g/mol. The van der Waals surface area contributed by atoms with E-state index in [2.05, 4.69) is 10.2 Å². The third-order valence-electron chi connectivity index (χ3n) is 4.18. The number of carbonyl (C=O) groups is 2. The van der Waals surface area contributed by atoms with Gasteiger partial charge in [-0.15, -0.1) is 0 Å². The van der Waals surface area contributed by atoms with Gasteiger partial charge in [-0.25, -0.2) is 0 Å². The van der Waals surface area contributed by atoms with Crippen molar-refractivity contribution in [2.75, 3.05) is 26.2 Å². The molecule has 4 nitrogen and oxygen atoms in total. The molecule has 1 atom stereocenters. The molecule has 1 amide bonds. The Hall–Kier alpha value is -1.89. The average Bonchev–Trinajstić information content (AvgIpc) is 2.53. The fourth-order valence-electron chi connectivity index (χ4n) is 2.92. The molecule has 0 saturated carbocycles. The molecule has 0 bridgehead atoms. The van der Waals surface area contributed by atoms with E-state index in [1.54, 1.807) is 0 Å². The molecule has 132 valence electrons. The molecule has 0 radical (unpaired) electrons. The van der Waals surface area contributed by atoms with Crippen molar-refractivity contribution in [3.05, 3.63) is 35.4 Å². The van der Waals surface area contributed by atoms with Crippen LogP contribution < -0.4 is 5.32 Å². The molecule has 0 spiro atoms. The van der Waals surface area contributed by atoms with Crippen LogP contribution in [-0.4, -0.2) is 42.8 Å². The van der Waals surface area contributed by atoms with Crippen molar-refractivity contribution >= 4 is 11.7 Å². The highest BCUT2D eigenvalue weighted by Gasteiger charge is 2.31. The van der Waals surface area contributed by atoms with Crippen LogP contribution in [0.3, 0.4) is 0 Å². The zero-order valence-electron chi connectivity index (χ0n) is 13.5. The van der Waals surface area contributed by atoms with Gasteiger partial charge in [0.2, 0.25) is 5.91 Å². The topological polar surface area (TPSA) is 49.4 Å². The van der Waals surface area contributed by atoms with Crippen LogP contribution in [0.4, 0.5) is 13.2 Å². The first-order valence-electron chi connectivity index (χ1n) is 7.95. The number of amides is 1. The lowest BCUT2D eigenvalue weighted by atomic mass is 9.89. The summed E-state index contributed by atoms with van der Waals surface area (Å²) < 4.78 is 37.7. The van der Waals surface area contributed by atoms with Crippen molar-refractivity contribution in [3.8, 4) is 0 Å². The molecule has 0 aromatic heterocycles. The lowest BCUT2D eigenvalue weighted by Crippen LogP contribution is -2.42. The third-order valence-corrected chi connectivity index (χ3v) is 4.18. The van der Waals surface area contributed by atoms with Crippen molar-refractivity contribution < 1.29 is 22.8 Å². The van der Waals surface area contributed by atoms with E-state index in [-0.39, 0.29) is 17.6 Å². The molecule has 24 heavy (non-hydrogen) atoms. The first-order valence-corrected chi connectivity index (χ1v) is 7.95. The number of nitrogens with one attached hydrogen (secondary N) is 1. The molecule has 0 aliphatic carbocycles. The van der Waals surface area contributed by atoms with Crippen LogP contribution in [0.25, 0.3) is 0 Å². The Morgan fingerprint density at radius 1 is 1.25 bits per heavy atom. The number of Topliss-reactive ketones (excluding diaryl/α,β-unsaturated/α-hetero) is 1. The lowest BCUT2D eigenvalue weighted by Gasteiger charge is -2.32. The molecule has 2 rings (SSSR count).